The molecule has 1 aliphatic carbocycles. The Morgan fingerprint density at radius 1 is 1.07 bits per heavy atom. The van der Waals surface area contributed by atoms with Crippen molar-refractivity contribution in [2.24, 2.45) is 13.0 Å². The van der Waals surface area contributed by atoms with Crippen LogP contribution in [0.3, 0.4) is 0 Å². The summed E-state index contributed by atoms with van der Waals surface area (Å²) in [5.74, 6) is -0.703. The van der Waals surface area contributed by atoms with E-state index >= 15 is 0 Å². The molecule has 2 aliphatic heterocycles. The molecule has 2 saturated heterocycles. The van der Waals surface area contributed by atoms with Gasteiger partial charge in [-0.3, -0.25) is 19.1 Å². The molecule has 1 spiro atoms. The highest BCUT2D eigenvalue weighted by Crippen LogP contribution is 2.45. The molecule has 0 radical (unpaired) electrons. The number of aromatic nitrogens is 2. The average molecular weight is 402 g/mol. The number of carbonyl (C=O) groups is 3. The van der Waals surface area contributed by atoms with Crippen LogP contribution in [0.25, 0.3) is 0 Å². The van der Waals surface area contributed by atoms with E-state index in [1.165, 1.54) is 0 Å². The quantitative estimate of drug-likeness (QED) is 0.703. The first-order chi connectivity index (χ1) is 13.9. The van der Waals surface area contributed by atoms with Crippen LogP contribution < -0.4 is 0 Å². The van der Waals surface area contributed by atoms with Crippen LogP contribution in [-0.2, 0) is 21.4 Å². The van der Waals surface area contributed by atoms with E-state index < -0.39 is 5.60 Å². The molecule has 1 unspecified atom stereocenters. The predicted octanol–water partition coefficient (Wildman–Crippen LogP) is 1.67. The lowest BCUT2D eigenvalue weighted by atomic mass is 9.75. The molecule has 29 heavy (non-hydrogen) atoms. The maximum atomic E-state index is 13.3. The smallest absolute Gasteiger partial charge is 0.307 e. The summed E-state index contributed by atoms with van der Waals surface area (Å²) in [6.07, 6.45) is 5.61. The highest BCUT2D eigenvalue weighted by atomic mass is 16.6. The van der Waals surface area contributed by atoms with E-state index in [0.29, 0.717) is 31.9 Å². The minimum absolute atomic E-state index is 0.0146. The van der Waals surface area contributed by atoms with E-state index in [-0.39, 0.29) is 30.1 Å². The van der Waals surface area contributed by atoms with Crippen molar-refractivity contribution in [3.05, 3.63) is 17.5 Å². The SMILES string of the molecule is Cc1cc(C(=O)N2CCCN(C(=O)C3CC(=O)OC34CCCCC4)CC2)nn1C. The number of ether oxygens (including phenoxy) is 1. The molecule has 8 heteroatoms. The van der Waals surface area contributed by atoms with Gasteiger partial charge in [-0.25, -0.2) is 0 Å². The van der Waals surface area contributed by atoms with Crippen LogP contribution in [0.2, 0.25) is 0 Å². The number of hydrogen-bond donors (Lipinski definition) is 0. The first kappa shape index (κ1) is 19.9. The van der Waals surface area contributed by atoms with Gasteiger partial charge in [-0.2, -0.15) is 5.10 Å². The second kappa shape index (κ2) is 7.80. The third-order valence-electron chi connectivity index (χ3n) is 6.75. The number of hydrogen-bond acceptors (Lipinski definition) is 5. The number of nitrogens with zero attached hydrogens (tertiary/aromatic N) is 4. The minimum atomic E-state index is -0.598. The summed E-state index contributed by atoms with van der Waals surface area (Å²) in [7, 11) is 1.82. The van der Waals surface area contributed by atoms with Crippen molar-refractivity contribution in [3.8, 4) is 0 Å². The van der Waals surface area contributed by atoms with Gasteiger partial charge in [0.25, 0.3) is 5.91 Å². The zero-order valence-electron chi connectivity index (χ0n) is 17.4. The van der Waals surface area contributed by atoms with E-state index in [2.05, 4.69) is 5.10 Å². The summed E-state index contributed by atoms with van der Waals surface area (Å²) in [5, 5.41) is 4.29. The molecule has 1 atom stereocenters. The van der Waals surface area contributed by atoms with Crippen molar-refractivity contribution in [1.82, 2.24) is 19.6 Å². The minimum Gasteiger partial charge on any atom is -0.458 e. The Kier molecular flexibility index (Phi) is 5.36. The highest BCUT2D eigenvalue weighted by molar-refractivity contribution is 5.92. The van der Waals surface area contributed by atoms with Crippen molar-refractivity contribution in [2.45, 2.75) is 57.5 Å². The molecule has 3 fully saturated rings. The number of amides is 2. The maximum Gasteiger partial charge on any atom is 0.307 e. The predicted molar refractivity (Wildman–Crippen MR) is 105 cm³/mol. The second-order valence-electron chi connectivity index (χ2n) is 8.62. The highest BCUT2D eigenvalue weighted by Gasteiger charge is 2.53. The van der Waals surface area contributed by atoms with Gasteiger partial charge in [-0.1, -0.05) is 6.42 Å². The number of esters is 1. The lowest BCUT2D eigenvalue weighted by Crippen LogP contribution is -2.48. The fourth-order valence-electron chi connectivity index (χ4n) is 4.99. The molecule has 8 nitrogen and oxygen atoms in total. The van der Waals surface area contributed by atoms with E-state index in [4.69, 9.17) is 4.74 Å². The summed E-state index contributed by atoms with van der Waals surface area (Å²) in [4.78, 5) is 41.8. The summed E-state index contributed by atoms with van der Waals surface area (Å²) in [5.41, 5.74) is 0.782. The first-order valence-corrected chi connectivity index (χ1v) is 10.7. The van der Waals surface area contributed by atoms with Crippen LogP contribution in [0.5, 0.6) is 0 Å². The molecule has 1 aromatic heterocycles. The Hall–Kier alpha value is -2.38. The molecule has 1 saturated carbocycles. The Balaban J connectivity index is 1.43. The molecule has 0 bridgehead atoms. The van der Waals surface area contributed by atoms with Crippen LogP contribution in [0.15, 0.2) is 6.07 Å². The van der Waals surface area contributed by atoms with Gasteiger partial charge >= 0.3 is 5.97 Å². The van der Waals surface area contributed by atoms with E-state index in [9.17, 15) is 14.4 Å². The number of carbonyl (C=O) groups excluding carboxylic acids is 3. The topological polar surface area (TPSA) is 84.7 Å². The van der Waals surface area contributed by atoms with E-state index in [1.54, 1.807) is 15.6 Å². The van der Waals surface area contributed by atoms with E-state index in [1.807, 2.05) is 18.9 Å². The number of rotatable bonds is 2. The zero-order valence-corrected chi connectivity index (χ0v) is 17.4. The second-order valence-corrected chi connectivity index (χ2v) is 8.62. The van der Waals surface area contributed by atoms with Gasteiger partial charge in [-0.15, -0.1) is 0 Å². The molecule has 2 amide bonds. The van der Waals surface area contributed by atoms with Gasteiger partial charge in [0.1, 0.15) is 5.60 Å². The molecular formula is C21H30N4O4. The van der Waals surface area contributed by atoms with Gasteiger partial charge in [-0.05, 0) is 45.1 Å². The van der Waals surface area contributed by atoms with Gasteiger partial charge < -0.3 is 14.5 Å². The Labute approximate surface area is 171 Å². The largest absolute Gasteiger partial charge is 0.458 e. The normalized spacial score (nSPS) is 24.5. The fourth-order valence-corrected chi connectivity index (χ4v) is 4.99. The molecule has 3 heterocycles. The summed E-state index contributed by atoms with van der Waals surface area (Å²) in [6, 6.07) is 1.80. The molecule has 158 valence electrons. The summed E-state index contributed by atoms with van der Waals surface area (Å²) < 4.78 is 7.41. The first-order valence-electron chi connectivity index (χ1n) is 10.7. The molecule has 0 N–H and O–H groups in total. The Morgan fingerprint density at radius 2 is 1.76 bits per heavy atom. The van der Waals surface area contributed by atoms with Gasteiger partial charge in [0.05, 0.1) is 12.3 Å². The number of aryl methyl sites for hydroxylation is 2. The third-order valence-corrected chi connectivity index (χ3v) is 6.75. The molecule has 3 aliphatic rings. The monoisotopic (exact) mass is 402 g/mol. The van der Waals surface area contributed by atoms with Crippen molar-refractivity contribution in [3.63, 3.8) is 0 Å². The van der Waals surface area contributed by atoms with Crippen molar-refractivity contribution >= 4 is 17.8 Å². The van der Waals surface area contributed by atoms with Crippen molar-refractivity contribution in [1.29, 1.82) is 0 Å². The Morgan fingerprint density at radius 3 is 2.45 bits per heavy atom. The molecule has 1 aromatic rings. The van der Waals surface area contributed by atoms with Crippen molar-refractivity contribution in [2.75, 3.05) is 26.2 Å². The van der Waals surface area contributed by atoms with Gasteiger partial charge in [0, 0.05) is 38.9 Å². The summed E-state index contributed by atoms with van der Waals surface area (Å²) in [6.45, 7) is 4.08. The maximum absolute atomic E-state index is 13.3. The average Bonchev–Trinajstić information content (AvgIpc) is 3.08. The fraction of sp³-hybridized carbons (Fsp3) is 0.714. The van der Waals surface area contributed by atoms with Crippen LogP contribution in [0.4, 0.5) is 0 Å². The van der Waals surface area contributed by atoms with Crippen LogP contribution in [0.1, 0.15) is 61.1 Å². The lowest BCUT2D eigenvalue weighted by Gasteiger charge is -2.38. The van der Waals surface area contributed by atoms with Gasteiger partial charge in [0.2, 0.25) is 5.91 Å². The van der Waals surface area contributed by atoms with Crippen LogP contribution in [-0.4, -0.2) is 69.1 Å². The summed E-state index contributed by atoms with van der Waals surface area (Å²) >= 11 is 0. The van der Waals surface area contributed by atoms with Crippen molar-refractivity contribution < 1.29 is 19.1 Å². The molecule has 4 rings (SSSR count). The van der Waals surface area contributed by atoms with E-state index in [0.717, 1.165) is 44.2 Å². The third kappa shape index (κ3) is 3.76. The van der Waals surface area contributed by atoms with Crippen LogP contribution >= 0.6 is 0 Å². The van der Waals surface area contributed by atoms with Gasteiger partial charge in [0.15, 0.2) is 5.69 Å². The Bertz CT molecular complexity index is 792. The lowest BCUT2D eigenvalue weighted by molar-refractivity contribution is -0.155. The zero-order chi connectivity index (χ0) is 20.6. The molecule has 0 aromatic carbocycles. The molecular weight excluding hydrogens is 372 g/mol. The van der Waals surface area contributed by atoms with Crippen LogP contribution in [0, 0.1) is 12.8 Å². The standard InChI is InChI=1S/C21H30N4O4/c1-15-13-17(22-23(15)2)20(28)25-10-6-9-24(11-12-25)19(27)16-14-18(26)29-21(16)7-4-3-5-8-21/h13,16H,3-12,14H2,1-2H3.